The van der Waals surface area contributed by atoms with E-state index in [2.05, 4.69) is 5.10 Å². The van der Waals surface area contributed by atoms with Gasteiger partial charge < -0.3 is 19.4 Å². The summed E-state index contributed by atoms with van der Waals surface area (Å²) in [5, 5.41) is 35.6. The van der Waals surface area contributed by atoms with Gasteiger partial charge in [-0.25, -0.2) is 4.79 Å². The van der Waals surface area contributed by atoms with E-state index >= 15 is 0 Å². The van der Waals surface area contributed by atoms with Gasteiger partial charge in [-0.15, -0.1) is 0 Å². The number of carboxylic acids is 1. The lowest BCUT2D eigenvalue weighted by Gasteiger charge is -2.05. The van der Waals surface area contributed by atoms with Crippen LogP contribution < -0.4 is 9.84 Å². The van der Waals surface area contributed by atoms with Crippen LogP contribution in [0.3, 0.4) is 0 Å². The predicted octanol–water partition coefficient (Wildman–Crippen LogP) is 1.08. The average molecular weight is 413 g/mol. The Hall–Kier alpha value is -4.20. The Morgan fingerprint density at radius 2 is 2.13 bits per heavy atom. The van der Waals surface area contributed by atoms with E-state index in [1.807, 2.05) is 0 Å². The molecular weight excluding hydrogens is 396 g/mol. The van der Waals surface area contributed by atoms with Crippen molar-refractivity contribution >= 4 is 23.7 Å². The van der Waals surface area contributed by atoms with Crippen molar-refractivity contribution in [3.63, 3.8) is 0 Å². The van der Waals surface area contributed by atoms with Crippen LogP contribution in [0.2, 0.25) is 0 Å². The number of hydrogen-bond donors (Lipinski definition) is 0. The van der Waals surface area contributed by atoms with E-state index in [0.29, 0.717) is 5.56 Å². The number of carboxylic acid groups (broad SMARTS) is 1. The number of nitro benzene ring substituents is 1. The second kappa shape index (κ2) is 9.83. The fourth-order valence-electron chi connectivity index (χ4n) is 2.57. The molecule has 0 N–H and O–H groups in total. The van der Waals surface area contributed by atoms with Gasteiger partial charge in [-0.05, 0) is 25.1 Å². The lowest BCUT2D eigenvalue weighted by Crippen LogP contribution is -2.23. The highest BCUT2D eigenvalue weighted by Gasteiger charge is 2.20. The Labute approximate surface area is 170 Å². The third-order valence-corrected chi connectivity index (χ3v) is 3.90. The van der Waals surface area contributed by atoms with Gasteiger partial charge in [-0.3, -0.25) is 14.8 Å². The standard InChI is InChI=1S/C19H18N4O7/c1-3-30-19(26)13(10-20)8-14-11-22(7-6-17(24)25)21-18(14)12-4-5-16(29-2)15(9-12)23(27)28/h4-5,8-9,11H,3,6-7H2,1-2H3,(H,24,25)/p-1/b13-8+. The quantitative estimate of drug-likeness (QED) is 0.192. The van der Waals surface area contributed by atoms with Gasteiger partial charge in [0.2, 0.25) is 0 Å². The summed E-state index contributed by atoms with van der Waals surface area (Å²) in [5.74, 6) is -2.08. The first-order valence-electron chi connectivity index (χ1n) is 8.69. The molecule has 0 unspecified atom stereocenters. The maximum absolute atomic E-state index is 11.9. The molecule has 0 aliphatic rings. The van der Waals surface area contributed by atoms with Crippen LogP contribution in [0.4, 0.5) is 5.69 Å². The first-order chi connectivity index (χ1) is 14.3. The molecule has 0 amide bonds. The molecule has 30 heavy (non-hydrogen) atoms. The first kappa shape index (κ1) is 22.1. The fourth-order valence-corrected chi connectivity index (χ4v) is 2.57. The van der Waals surface area contributed by atoms with E-state index in [-0.39, 0.29) is 47.8 Å². The summed E-state index contributed by atoms with van der Waals surface area (Å²) in [4.78, 5) is 33.4. The molecule has 0 saturated carbocycles. The van der Waals surface area contributed by atoms with E-state index in [4.69, 9.17) is 9.47 Å². The van der Waals surface area contributed by atoms with E-state index in [9.17, 15) is 30.1 Å². The van der Waals surface area contributed by atoms with Crippen LogP contribution in [0.15, 0.2) is 30.0 Å². The van der Waals surface area contributed by atoms with Crippen molar-refractivity contribution in [2.75, 3.05) is 13.7 Å². The number of nitro groups is 1. The van der Waals surface area contributed by atoms with Gasteiger partial charge in [0.15, 0.2) is 5.75 Å². The van der Waals surface area contributed by atoms with Gasteiger partial charge >= 0.3 is 11.7 Å². The number of rotatable bonds is 9. The maximum Gasteiger partial charge on any atom is 0.348 e. The number of esters is 1. The minimum Gasteiger partial charge on any atom is -0.550 e. The third-order valence-electron chi connectivity index (χ3n) is 3.90. The number of benzene rings is 1. The van der Waals surface area contributed by atoms with E-state index in [1.54, 1.807) is 13.0 Å². The molecular formula is C19H17N4O7-. The molecule has 11 nitrogen and oxygen atoms in total. The number of aromatic nitrogens is 2. The van der Waals surface area contributed by atoms with Crippen LogP contribution in [0.25, 0.3) is 17.3 Å². The molecule has 0 bridgehead atoms. The Bertz CT molecular complexity index is 1050. The van der Waals surface area contributed by atoms with E-state index in [1.165, 1.54) is 42.3 Å². The molecule has 2 rings (SSSR count). The Kier molecular flexibility index (Phi) is 7.24. The summed E-state index contributed by atoms with van der Waals surface area (Å²) in [6.45, 7) is 1.62. The summed E-state index contributed by atoms with van der Waals surface area (Å²) in [7, 11) is 1.30. The minimum absolute atomic E-state index is 0.0390. The number of hydrogen-bond acceptors (Lipinski definition) is 9. The average Bonchev–Trinajstić information content (AvgIpc) is 3.12. The zero-order valence-electron chi connectivity index (χ0n) is 16.2. The van der Waals surface area contributed by atoms with Crippen LogP contribution >= 0.6 is 0 Å². The lowest BCUT2D eigenvalue weighted by molar-refractivity contribution is -0.385. The number of carbonyl (C=O) groups is 2. The highest BCUT2D eigenvalue weighted by Crippen LogP contribution is 2.33. The SMILES string of the molecule is CCOC(=O)/C(C#N)=C/c1cn(CCC(=O)[O-])nc1-c1ccc(OC)c([N+](=O)[O-])c1. The Morgan fingerprint density at radius 1 is 1.40 bits per heavy atom. The third kappa shape index (κ3) is 5.20. The van der Waals surface area contributed by atoms with Crippen molar-refractivity contribution in [1.29, 1.82) is 5.26 Å². The Balaban J connectivity index is 2.61. The van der Waals surface area contributed by atoms with E-state index < -0.39 is 16.9 Å². The number of methoxy groups -OCH3 is 1. The number of aryl methyl sites for hydroxylation is 1. The number of ether oxygens (including phenoxy) is 2. The maximum atomic E-state index is 11.9. The molecule has 1 aromatic carbocycles. The van der Waals surface area contributed by atoms with Crippen molar-refractivity contribution in [2.24, 2.45) is 0 Å². The van der Waals surface area contributed by atoms with E-state index in [0.717, 1.165) is 0 Å². The number of nitrogens with zero attached hydrogens (tertiary/aromatic N) is 4. The topological polar surface area (TPSA) is 160 Å². The monoisotopic (exact) mass is 413 g/mol. The van der Waals surface area contributed by atoms with Crippen molar-refractivity contribution in [1.82, 2.24) is 9.78 Å². The molecule has 2 aromatic rings. The van der Waals surface area contributed by atoms with Crippen molar-refractivity contribution in [3.8, 4) is 23.1 Å². The smallest absolute Gasteiger partial charge is 0.348 e. The summed E-state index contributed by atoms with van der Waals surface area (Å²) >= 11 is 0. The molecule has 0 fully saturated rings. The highest BCUT2D eigenvalue weighted by atomic mass is 16.6. The van der Waals surface area contributed by atoms with Gasteiger partial charge in [0.05, 0.1) is 24.3 Å². The van der Waals surface area contributed by atoms with Gasteiger partial charge in [0, 0.05) is 42.3 Å². The number of carbonyl (C=O) groups excluding carboxylic acids is 2. The summed E-state index contributed by atoms with van der Waals surface area (Å²) in [6.07, 6.45) is 2.33. The lowest BCUT2D eigenvalue weighted by atomic mass is 10.1. The minimum atomic E-state index is -1.28. The normalized spacial score (nSPS) is 10.9. The Morgan fingerprint density at radius 3 is 2.70 bits per heavy atom. The predicted molar refractivity (Wildman–Crippen MR) is 101 cm³/mol. The van der Waals surface area contributed by atoms with Crippen molar-refractivity contribution < 1.29 is 29.1 Å². The molecule has 1 aromatic heterocycles. The molecule has 156 valence electrons. The summed E-state index contributed by atoms with van der Waals surface area (Å²) < 4.78 is 11.1. The largest absolute Gasteiger partial charge is 0.550 e. The second-order valence-corrected chi connectivity index (χ2v) is 5.85. The van der Waals surface area contributed by atoms with Crippen molar-refractivity contribution in [2.45, 2.75) is 19.9 Å². The van der Waals surface area contributed by atoms with Crippen LogP contribution in [0.5, 0.6) is 5.75 Å². The molecule has 0 aliphatic heterocycles. The fraction of sp³-hybridized carbons (Fsp3) is 0.263. The molecule has 0 atom stereocenters. The number of aliphatic carboxylic acids is 1. The molecule has 11 heteroatoms. The number of nitriles is 1. The van der Waals surface area contributed by atoms with Gasteiger partial charge in [0.25, 0.3) is 0 Å². The van der Waals surface area contributed by atoms with Crippen molar-refractivity contribution in [3.05, 3.63) is 45.6 Å². The summed E-state index contributed by atoms with van der Waals surface area (Å²) in [5.41, 5.74) is 0.177. The molecule has 0 radical (unpaired) electrons. The van der Waals surface area contributed by atoms with Gasteiger partial charge in [-0.1, -0.05) is 0 Å². The first-order valence-corrected chi connectivity index (χ1v) is 8.69. The van der Waals surface area contributed by atoms with Crippen LogP contribution in [0.1, 0.15) is 18.9 Å². The molecule has 0 aliphatic carbocycles. The van der Waals surface area contributed by atoms with Crippen LogP contribution in [-0.4, -0.2) is 40.4 Å². The summed E-state index contributed by atoms with van der Waals surface area (Å²) in [6, 6.07) is 5.88. The second-order valence-electron chi connectivity index (χ2n) is 5.85. The molecule has 0 spiro atoms. The zero-order valence-corrected chi connectivity index (χ0v) is 16.2. The molecule has 1 heterocycles. The zero-order chi connectivity index (χ0) is 22.3. The van der Waals surface area contributed by atoms with Gasteiger partial charge in [-0.2, -0.15) is 10.4 Å². The van der Waals surface area contributed by atoms with Gasteiger partial charge in [0.1, 0.15) is 11.6 Å². The van der Waals surface area contributed by atoms with Crippen LogP contribution in [0, 0.1) is 21.4 Å². The van der Waals surface area contributed by atoms with Crippen LogP contribution in [-0.2, 0) is 20.9 Å². The highest BCUT2D eigenvalue weighted by molar-refractivity contribution is 5.98. The molecule has 0 saturated heterocycles.